The normalized spacial score (nSPS) is 13.1. The van der Waals surface area contributed by atoms with Crippen molar-refractivity contribution in [2.24, 2.45) is 7.05 Å². The topological polar surface area (TPSA) is 12.7 Å². The maximum absolute atomic E-state index is 7.69. The van der Waals surface area contributed by atoms with Crippen LogP contribution in [-0.2, 0) is 18.9 Å². The minimum Gasteiger partial charge on any atom is -0.311 e. The van der Waals surface area contributed by atoms with Crippen LogP contribution < -0.4 is 4.57 Å². The molecule has 0 unspecified atom stereocenters. The Bertz CT molecular complexity index is 1900. The van der Waals surface area contributed by atoms with Crippen LogP contribution in [0, 0.1) is 20.4 Å². The number of fused-ring (bicyclic) bond motifs is 5. The zero-order chi connectivity index (χ0) is 25.7. The third-order valence-corrected chi connectivity index (χ3v) is 8.13. The number of hydrogen-bond donors (Lipinski definition) is 0. The van der Waals surface area contributed by atoms with Crippen molar-refractivity contribution in [2.45, 2.75) is 65.8 Å². The predicted octanol–water partition coefficient (Wildman–Crippen LogP) is 7.97. The molecular weight excluding hydrogens is 438 g/mol. The Morgan fingerprint density at radius 2 is 1.64 bits per heavy atom. The van der Waals surface area contributed by atoms with E-state index >= 15 is 0 Å². The first kappa shape index (κ1) is 22.8. The number of rotatable bonds is 2. The summed E-state index contributed by atoms with van der Waals surface area (Å²) >= 11 is 0. The van der Waals surface area contributed by atoms with Gasteiger partial charge >= 0.3 is 0 Å². The van der Waals surface area contributed by atoms with Crippen LogP contribution in [0.4, 0.5) is 0 Å². The zero-order valence-electron chi connectivity index (χ0n) is 22.7. The molecule has 3 aromatic heterocycles. The van der Waals surface area contributed by atoms with Gasteiger partial charge in [-0.1, -0.05) is 32.9 Å². The Labute approximate surface area is 213 Å². The largest absolute Gasteiger partial charge is 0.311 e. The molecule has 3 aromatic carbocycles. The average molecular weight is 473 g/mol. The summed E-state index contributed by atoms with van der Waals surface area (Å²) in [4.78, 5) is 3.90. The van der Waals surface area contributed by atoms with Crippen LogP contribution in [0.1, 0.15) is 56.9 Å². The molecule has 180 valence electrons. The monoisotopic (exact) mass is 472 g/mol. The van der Waals surface area contributed by atoms with Crippen molar-refractivity contribution < 1.29 is 4.57 Å². The van der Waals surface area contributed by atoms with Crippen molar-refractivity contribution in [3.8, 4) is 0 Å². The first-order valence-electron chi connectivity index (χ1n) is 12.8. The average Bonchev–Trinajstić information content (AvgIpc) is 3.13. The van der Waals surface area contributed by atoms with Crippen LogP contribution in [0.2, 0.25) is 0 Å². The van der Waals surface area contributed by atoms with Crippen LogP contribution in [-0.4, -0.2) is 9.94 Å². The molecule has 0 fully saturated rings. The molecule has 0 saturated heterocycles. The lowest BCUT2D eigenvalue weighted by atomic mass is 9.86. The zero-order valence-corrected chi connectivity index (χ0v) is 22.7. The van der Waals surface area contributed by atoms with Crippen molar-refractivity contribution in [1.29, 1.82) is 0 Å². The lowest BCUT2D eigenvalue weighted by molar-refractivity contribution is -0.643. The van der Waals surface area contributed by atoms with E-state index in [9.17, 15) is 0 Å². The summed E-state index contributed by atoms with van der Waals surface area (Å²) in [5, 5.41) is 6.52. The second kappa shape index (κ2) is 7.20. The van der Waals surface area contributed by atoms with E-state index in [1.807, 2.05) is 13.8 Å². The van der Waals surface area contributed by atoms with Crippen LogP contribution in [0.25, 0.3) is 53.8 Å². The standard InChI is InChI=1S/C33H34N3/c1-19-14-25-24-17-23(32(3,4)5)10-11-26(24)36-27-16-21(18-33(6,7)34-8)15-22-12-13-35(9)31(29(22)27)28(20(19)2)30(25)36/h10-17H,18H2,1-7,9H3/q+1. The van der Waals surface area contributed by atoms with Gasteiger partial charge < -0.3 is 9.25 Å². The smallest absolute Gasteiger partial charge is 0.231 e. The summed E-state index contributed by atoms with van der Waals surface area (Å²) in [7, 11) is 2.16. The molecule has 36 heavy (non-hydrogen) atoms. The molecule has 0 aliphatic heterocycles. The molecule has 3 nitrogen and oxygen atoms in total. The van der Waals surface area contributed by atoms with Gasteiger partial charge in [0, 0.05) is 30.7 Å². The van der Waals surface area contributed by atoms with Crippen molar-refractivity contribution in [1.82, 2.24) is 4.40 Å². The van der Waals surface area contributed by atoms with Crippen LogP contribution >= 0.6 is 0 Å². The second-order valence-electron chi connectivity index (χ2n) is 12.4. The van der Waals surface area contributed by atoms with Crippen molar-refractivity contribution in [3.63, 3.8) is 0 Å². The summed E-state index contributed by atoms with van der Waals surface area (Å²) in [5.41, 5.74) is 9.96. The van der Waals surface area contributed by atoms with Gasteiger partial charge in [-0.25, -0.2) is 11.1 Å². The van der Waals surface area contributed by atoms with Gasteiger partial charge in [0.15, 0.2) is 6.20 Å². The third-order valence-electron chi connectivity index (χ3n) is 8.13. The maximum Gasteiger partial charge on any atom is 0.231 e. The molecule has 6 aromatic rings. The van der Waals surface area contributed by atoms with E-state index in [0.29, 0.717) is 0 Å². The highest BCUT2D eigenvalue weighted by Crippen LogP contribution is 2.43. The van der Waals surface area contributed by atoms with E-state index in [-0.39, 0.29) is 5.41 Å². The van der Waals surface area contributed by atoms with Crippen LogP contribution in [0.3, 0.4) is 0 Å². The van der Waals surface area contributed by atoms with Crippen LogP contribution in [0.5, 0.6) is 0 Å². The van der Waals surface area contributed by atoms with Crippen molar-refractivity contribution >= 4 is 49.0 Å². The molecular formula is C33H34N3+. The lowest BCUT2D eigenvalue weighted by Gasteiger charge is -2.19. The third kappa shape index (κ3) is 3.07. The first-order chi connectivity index (χ1) is 16.9. The Hall–Kier alpha value is -3.64. The molecule has 0 radical (unpaired) electrons. The maximum atomic E-state index is 7.69. The van der Waals surface area contributed by atoms with Gasteiger partial charge in [-0.15, -0.1) is 0 Å². The van der Waals surface area contributed by atoms with E-state index in [1.54, 1.807) is 0 Å². The predicted molar refractivity (Wildman–Crippen MR) is 152 cm³/mol. The lowest BCUT2D eigenvalue weighted by Crippen LogP contribution is -2.29. The second-order valence-corrected chi connectivity index (χ2v) is 12.4. The Balaban J connectivity index is 1.92. The molecule has 0 bridgehead atoms. The molecule has 0 amide bonds. The first-order valence-corrected chi connectivity index (χ1v) is 12.8. The Morgan fingerprint density at radius 1 is 0.889 bits per heavy atom. The van der Waals surface area contributed by atoms with Gasteiger partial charge in [-0.2, -0.15) is 0 Å². The summed E-state index contributed by atoms with van der Waals surface area (Å²) in [6.45, 7) is 23.1. The molecule has 6 rings (SSSR count). The molecule has 0 aliphatic carbocycles. The van der Waals surface area contributed by atoms with Gasteiger partial charge in [0.1, 0.15) is 7.05 Å². The van der Waals surface area contributed by atoms with Gasteiger partial charge in [0.2, 0.25) is 11.1 Å². The fourth-order valence-corrected chi connectivity index (χ4v) is 6.07. The number of benzene rings is 3. The Kier molecular flexibility index (Phi) is 4.56. The number of hydrogen-bond acceptors (Lipinski definition) is 0. The van der Waals surface area contributed by atoms with E-state index in [2.05, 4.69) is 104 Å². The summed E-state index contributed by atoms with van der Waals surface area (Å²) < 4.78 is 4.79. The van der Waals surface area contributed by atoms with E-state index < -0.39 is 5.54 Å². The minimum absolute atomic E-state index is 0.0826. The van der Waals surface area contributed by atoms with E-state index in [1.165, 1.54) is 71.3 Å². The minimum atomic E-state index is -0.432. The van der Waals surface area contributed by atoms with Gasteiger partial charge in [-0.05, 0) is 71.2 Å². The molecule has 3 heterocycles. The highest BCUT2D eigenvalue weighted by Gasteiger charge is 2.28. The van der Waals surface area contributed by atoms with E-state index in [0.717, 1.165) is 6.42 Å². The number of pyridine rings is 2. The van der Waals surface area contributed by atoms with Gasteiger partial charge in [0.05, 0.1) is 33.7 Å². The van der Waals surface area contributed by atoms with Crippen molar-refractivity contribution in [2.75, 3.05) is 0 Å². The summed E-state index contributed by atoms with van der Waals surface area (Å²) in [5.74, 6) is 0. The molecule has 0 aliphatic rings. The molecule has 3 heteroatoms. The number of nitrogens with zero attached hydrogens (tertiary/aromatic N) is 3. The fraction of sp³-hybridized carbons (Fsp3) is 0.333. The highest BCUT2D eigenvalue weighted by molar-refractivity contribution is 6.26. The number of aryl methyl sites for hydroxylation is 3. The Morgan fingerprint density at radius 3 is 2.33 bits per heavy atom. The number of aromatic nitrogens is 2. The molecule has 0 N–H and O–H groups in total. The highest BCUT2D eigenvalue weighted by atomic mass is 15.0. The summed E-state index contributed by atoms with van der Waals surface area (Å²) in [6, 6.07) is 16.3. The van der Waals surface area contributed by atoms with Gasteiger partial charge in [0.25, 0.3) is 0 Å². The summed E-state index contributed by atoms with van der Waals surface area (Å²) in [6.07, 6.45) is 2.92. The van der Waals surface area contributed by atoms with Crippen LogP contribution in [0.15, 0.2) is 48.7 Å². The quantitative estimate of drug-likeness (QED) is 0.105. The van der Waals surface area contributed by atoms with Crippen molar-refractivity contribution in [3.05, 3.63) is 82.3 Å². The van der Waals surface area contributed by atoms with E-state index in [4.69, 9.17) is 6.57 Å². The SMILES string of the molecule is [C-]#[N+]C(C)(C)Cc1cc2cc[n+](C)c3c4c(C)c(C)cc5c6cc(C(C)(C)C)ccc6n(c(c1)c23)c54. The molecule has 0 spiro atoms. The fourth-order valence-electron chi connectivity index (χ4n) is 6.07. The molecule has 0 atom stereocenters. The van der Waals surface area contributed by atoms with Gasteiger partial charge in [-0.3, -0.25) is 0 Å². The molecule has 0 saturated carbocycles.